The smallest absolute Gasteiger partial charge is 0.245 e. The van der Waals surface area contributed by atoms with E-state index in [1.807, 2.05) is 31.2 Å². The molecule has 0 amide bonds. The van der Waals surface area contributed by atoms with E-state index < -0.39 is 10.0 Å². The van der Waals surface area contributed by atoms with Gasteiger partial charge < -0.3 is 5.73 Å². The van der Waals surface area contributed by atoms with Gasteiger partial charge in [-0.25, -0.2) is 8.42 Å². The van der Waals surface area contributed by atoms with Crippen LogP contribution in [0, 0.1) is 6.92 Å². The van der Waals surface area contributed by atoms with Gasteiger partial charge in [0, 0.05) is 18.6 Å². The number of halogens is 1. The molecule has 2 aromatic carbocycles. The highest BCUT2D eigenvalue weighted by atomic mass is 35.5. The molecular weight excluding hydrogens is 308 g/mol. The first-order valence-electron chi connectivity index (χ1n) is 6.37. The minimum Gasteiger partial charge on any atom is -0.398 e. The number of hydrogen-bond donors (Lipinski definition) is 1. The Morgan fingerprint density at radius 3 is 2.38 bits per heavy atom. The molecule has 21 heavy (non-hydrogen) atoms. The Hall–Kier alpha value is -1.56. The van der Waals surface area contributed by atoms with Gasteiger partial charge >= 0.3 is 0 Å². The van der Waals surface area contributed by atoms with Crippen LogP contribution < -0.4 is 5.73 Å². The van der Waals surface area contributed by atoms with E-state index in [1.54, 1.807) is 6.07 Å². The van der Waals surface area contributed by atoms with E-state index in [9.17, 15) is 8.42 Å². The maximum absolute atomic E-state index is 12.6. The predicted octanol–water partition coefficient (Wildman–Crippen LogP) is 3.05. The van der Waals surface area contributed by atoms with Crippen molar-refractivity contribution in [3.8, 4) is 0 Å². The molecule has 0 heterocycles. The summed E-state index contributed by atoms with van der Waals surface area (Å²) in [5, 5.41) is 0.339. The van der Waals surface area contributed by atoms with Crippen molar-refractivity contribution in [2.75, 3.05) is 12.8 Å². The van der Waals surface area contributed by atoms with Crippen molar-refractivity contribution in [2.24, 2.45) is 0 Å². The van der Waals surface area contributed by atoms with Crippen LogP contribution in [-0.2, 0) is 16.6 Å². The molecule has 0 aromatic heterocycles. The number of sulfonamides is 1. The molecule has 0 aliphatic carbocycles. The summed E-state index contributed by atoms with van der Waals surface area (Å²) in [5.74, 6) is 0. The van der Waals surface area contributed by atoms with Crippen molar-refractivity contribution in [1.82, 2.24) is 4.31 Å². The van der Waals surface area contributed by atoms with Crippen molar-refractivity contribution in [1.29, 1.82) is 0 Å². The second kappa shape index (κ2) is 6.05. The SMILES string of the molecule is Cc1ccc(CN(C)S(=O)(=O)c2cc(Cl)ccc2N)cc1. The zero-order valence-electron chi connectivity index (χ0n) is 11.9. The summed E-state index contributed by atoms with van der Waals surface area (Å²) in [4.78, 5) is 0.0320. The first kappa shape index (κ1) is 15.8. The quantitative estimate of drug-likeness (QED) is 0.879. The Balaban J connectivity index is 2.30. The fourth-order valence-electron chi connectivity index (χ4n) is 1.94. The molecule has 2 N–H and O–H groups in total. The van der Waals surface area contributed by atoms with E-state index in [4.69, 9.17) is 17.3 Å². The largest absolute Gasteiger partial charge is 0.398 e. The summed E-state index contributed by atoms with van der Waals surface area (Å²) < 4.78 is 26.4. The molecule has 112 valence electrons. The maximum atomic E-state index is 12.6. The van der Waals surface area contributed by atoms with Gasteiger partial charge in [-0.3, -0.25) is 0 Å². The third-order valence-corrected chi connectivity index (χ3v) is 5.28. The minimum absolute atomic E-state index is 0.0320. The lowest BCUT2D eigenvalue weighted by molar-refractivity contribution is 0.467. The molecule has 0 spiro atoms. The Kier molecular flexibility index (Phi) is 4.56. The van der Waals surface area contributed by atoms with Gasteiger partial charge in [0.25, 0.3) is 0 Å². The van der Waals surface area contributed by atoms with Crippen molar-refractivity contribution < 1.29 is 8.42 Å². The van der Waals surface area contributed by atoms with Crippen molar-refractivity contribution in [3.05, 3.63) is 58.6 Å². The molecule has 0 unspecified atom stereocenters. The van der Waals surface area contributed by atoms with E-state index in [0.29, 0.717) is 5.02 Å². The molecule has 0 radical (unpaired) electrons. The molecule has 0 bridgehead atoms. The lowest BCUT2D eigenvalue weighted by atomic mass is 10.1. The summed E-state index contributed by atoms with van der Waals surface area (Å²) in [6, 6.07) is 12.1. The summed E-state index contributed by atoms with van der Waals surface area (Å²) in [6.45, 7) is 2.26. The van der Waals surface area contributed by atoms with E-state index in [2.05, 4.69) is 0 Å². The van der Waals surface area contributed by atoms with Gasteiger partial charge in [0.2, 0.25) is 10.0 Å². The average Bonchev–Trinajstić information content (AvgIpc) is 2.43. The molecule has 0 aliphatic rings. The number of hydrogen-bond acceptors (Lipinski definition) is 3. The Morgan fingerprint density at radius 1 is 1.14 bits per heavy atom. The van der Waals surface area contributed by atoms with Crippen molar-refractivity contribution in [2.45, 2.75) is 18.4 Å². The van der Waals surface area contributed by atoms with Crippen LogP contribution in [0.1, 0.15) is 11.1 Å². The molecule has 0 aliphatic heterocycles. The van der Waals surface area contributed by atoms with Gasteiger partial charge in [-0.05, 0) is 30.7 Å². The monoisotopic (exact) mass is 324 g/mol. The lowest BCUT2D eigenvalue weighted by Crippen LogP contribution is -2.27. The highest BCUT2D eigenvalue weighted by Crippen LogP contribution is 2.26. The molecule has 0 atom stereocenters. The zero-order chi connectivity index (χ0) is 15.6. The summed E-state index contributed by atoms with van der Waals surface area (Å²) in [6.07, 6.45) is 0. The second-order valence-corrected chi connectivity index (χ2v) is 7.38. The number of nitrogens with two attached hydrogens (primary N) is 1. The Labute approximate surface area is 130 Å². The molecular formula is C15H17ClN2O2S. The zero-order valence-corrected chi connectivity index (χ0v) is 13.4. The number of nitrogens with zero attached hydrogens (tertiary/aromatic N) is 1. The average molecular weight is 325 g/mol. The normalized spacial score (nSPS) is 11.8. The highest BCUT2D eigenvalue weighted by Gasteiger charge is 2.23. The third-order valence-electron chi connectivity index (χ3n) is 3.19. The minimum atomic E-state index is -3.68. The first-order chi connectivity index (χ1) is 9.80. The number of anilines is 1. The van der Waals surface area contributed by atoms with Gasteiger partial charge in [0.05, 0.1) is 5.69 Å². The van der Waals surface area contributed by atoms with Crippen LogP contribution in [0.2, 0.25) is 5.02 Å². The topological polar surface area (TPSA) is 63.4 Å². The number of aryl methyl sites for hydroxylation is 1. The number of nitrogen functional groups attached to an aromatic ring is 1. The van der Waals surface area contributed by atoms with Crippen LogP contribution in [0.5, 0.6) is 0 Å². The fourth-order valence-corrected chi connectivity index (χ4v) is 3.47. The van der Waals surface area contributed by atoms with E-state index in [1.165, 1.54) is 23.5 Å². The summed E-state index contributed by atoms with van der Waals surface area (Å²) >= 11 is 5.87. The van der Waals surface area contributed by atoms with Gasteiger partial charge in [-0.15, -0.1) is 0 Å². The van der Waals surface area contributed by atoms with Crippen LogP contribution in [0.25, 0.3) is 0 Å². The van der Waals surface area contributed by atoms with E-state index >= 15 is 0 Å². The molecule has 2 aromatic rings. The van der Waals surface area contributed by atoms with Crippen LogP contribution in [0.3, 0.4) is 0 Å². The standard InChI is InChI=1S/C15H17ClN2O2S/c1-11-3-5-12(6-4-11)10-18(2)21(19,20)15-9-13(16)7-8-14(15)17/h3-9H,10,17H2,1-2H3. The van der Waals surface area contributed by atoms with Crippen molar-refractivity contribution >= 4 is 27.3 Å². The summed E-state index contributed by atoms with van der Waals surface area (Å²) in [5.41, 5.74) is 7.99. The molecule has 2 rings (SSSR count). The molecule has 0 saturated heterocycles. The predicted molar refractivity (Wildman–Crippen MR) is 85.7 cm³/mol. The highest BCUT2D eigenvalue weighted by molar-refractivity contribution is 7.89. The van der Waals surface area contributed by atoms with E-state index in [0.717, 1.165) is 11.1 Å². The van der Waals surface area contributed by atoms with Gasteiger partial charge in [0.15, 0.2) is 0 Å². The molecule has 0 saturated carbocycles. The van der Waals surface area contributed by atoms with Crippen LogP contribution in [-0.4, -0.2) is 19.8 Å². The Morgan fingerprint density at radius 2 is 1.76 bits per heavy atom. The van der Waals surface area contributed by atoms with Gasteiger partial charge in [0.1, 0.15) is 4.90 Å². The number of rotatable bonds is 4. The maximum Gasteiger partial charge on any atom is 0.245 e. The van der Waals surface area contributed by atoms with Crippen molar-refractivity contribution in [3.63, 3.8) is 0 Å². The third kappa shape index (κ3) is 3.56. The number of benzene rings is 2. The summed E-state index contributed by atoms with van der Waals surface area (Å²) in [7, 11) is -2.15. The Bertz CT molecular complexity index is 743. The molecule has 0 fully saturated rings. The molecule has 6 heteroatoms. The molecule has 4 nitrogen and oxygen atoms in total. The van der Waals surface area contributed by atoms with Crippen LogP contribution >= 0.6 is 11.6 Å². The van der Waals surface area contributed by atoms with Gasteiger partial charge in [-0.2, -0.15) is 4.31 Å². The second-order valence-electron chi connectivity index (χ2n) is 4.93. The van der Waals surface area contributed by atoms with Crippen LogP contribution in [0.4, 0.5) is 5.69 Å². The first-order valence-corrected chi connectivity index (χ1v) is 8.19. The lowest BCUT2D eigenvalue weighted by Gasteiger charge is -2.18. The fraction of sp³-hybridized carbons (Fsp3) is 0.200. The van der Waals surface area contributed by atoms with Gasteiger partial charge in [-0.1, -0.05) is 41.4 Å². The van der Waals surface area contributed by atoms with E-state index in [-0.39, 0.29) is 17.1 Å². The van der Waals surface area contributed by atoms with Crippen LogP contribution in [0.15, 0.2) is 47.4 Å².